The van der Waals surface area contributed by atoms with E-state index in [1.807, 2.05) is 31.2 Å². The van der Waals surface area contributed by atoms with Gasteiger partial charge >= 0.3 is 0 Å². The zero-order chi connectivity index (χ0) is 23.3. The van der Waals surface area contributed by atoms with Crippen molar-refractivity contribution in [3.05, 3.63) is 73.3 Å². The predicted molar refractivity (Wildman–Crippen MR) is 124 cm³/mol. The summed E-state index contributed by atoms with van der Waals surface area (Å²) in [6.45, 7) is 6.19. The van der Waals surface area contributed by atoms with Crippen LogP contribution in [-0.4, -0.2) is 47.6 Å². The van der Waals surface area contributed by atoms with Crippen molar-refractivity contribution in [1.29, 1.82) is 0 Å². The van der Waals surface area contributed by atoms with Gasteiger partial charge in [0, 0.05) is 19.3 Å². The second-order valence-corrected chi connectivity index (χ2v) is 8.22. The SMILES string of the molecule is COCCNC(=O)c1ccc(C(=O)N/N=C(\C)c2c(C)[nH]n(-c3ccc(C)cc3)c2=O)s1. The third-order valence-electron chi connectivity index (χ3n) is 4.70. The lowest BCUT2D eigenvalue weighted by Gasteiger charge is -2.02. The first kappa shape index (κ1) is 23.2. The van der Waals surface area contributed by atoms with E-state index in [1.165, 1.54) is 4.68 Å². The molecule has 0 fully saturated rings. The van der Waals surface area contributed by atoms with Gasteiger partial charge in [-0.2, -0.15) is 5.10 Å². The van der Waals surface area contributed by atoms with Gasteiger partial charge in [-0.15, -0.1) is 11.3 Å². The second kappa shape index (κ2) is 10.2. The zero-order valence-corrected chi connectivity index (χ0v) is 19.1. The first-order valence-corrected chi connectivity index (χ1v) is 10.7. The van der Waals surface area contributed by atoms with E-state index in [0.29, 0.717) is 45.6 Å². The molecule has 3 N–H and O–H groups in total. The smallest absolute Gasteiger partial charge is 0.281 e. The van der Waals surface area contributed by atoms with Crippen LogP contribution >= 0.6 is 11.3 Å². The van der Waals surface area contributed by atoms with Gasteiger partial charge in [-0.25, -0.2) is 10.1 Å². The number of nitrogens with one attached hydrogen (secondary N) is 3. The fourth-order valence-corrected chi connectivity index (χ4v) is 3.84. The van der Waals surface area contributed by atoms with Crippen LogP contribution in [-0.2, 0) is 4.74 Å². The number of amides is 2. The van der Waals surface area contributed by atoms with Gasteiger partial charge in [-0.05, 0) is 45.0 Å². The molecule has 2 amide bonds. The maximum absolute atomic E-state index is 12.9. The first-order chi connectivity index (χ1) is 15.3. The van der Waals surface area contributed by atoms with E-state index in [9.17, 15) is 14.4 Å². The minimum absolute atomic E-state index is 0.256. The molecule has 2 aromatic heterocycles. The van der Waals surface area contributed by atoms with Crippen LogP contribution < -0.4 is 16.3 Å². The largest absolute Gasteiger partial charge is 0.383 e. The summed E-state index contributed by atoms with van der Waals surface area (Å²) in [6, 6.07) is 10.7. The number of hydrazone groups is 1. The Morgan fingerprint density at radius 1 is 1.09 bits per heavy atom. The lowest BCUT2D eigenvalue weighted by Crippen LogP contribution is -2.26. The molecule has 0 aliphatic heterocycles. The maximum atomic E-state index is 12.9. The van der Waals surface area contributed by atoms with Gasteiger partial charge in [0.15, 0.2) is 0 Å². The van der Waals surface area contributed by atoms with E-state index >= 15 is 0 Å². The standard InChI is InChI=1S/C22H25N5O4S/c1-13-5-7-16(8-6-13)27-22(30)19(15(3)26-27)14(2)24-25-21(29)18-10-9-17(32-18)20(28)23-11-12-31-4/h5-10,26H,11-12H2,1-4H3,(H,23,28)(H,25,29)/b24-14+. The molecule has 0 radical (unpaired) electrons. The number of carbonyl (C=O) groups excluding carboxylic acids is 2. The quantitative estimate of drug-likeness (QED) is 0.275. The van der Waals surface area contributed by atoms with E-state index < -0.39 is 5.91 Å². The summed E-state index contributed by atoms with van der Waals surface area (Å²) >= 11 is 1.06. The van der Waals surface area contributed by atoms with Crippen molar-refractivity contribution in [1.82, 2.24) is 20.5 Å². The Morgan fingerprint density at radius 3 is 2.41 bits per heavy atom. The number of nitrogens with zero attached hydrogens (tertiary/aromatic N) is 2. The zero-order valence-electron chi connectivity index (χ0n) is 18.3. The fourth-order valence-electron chi connectivity index (χ4n) is 3.03. The second-order valence-electron chi connectivity index (χ2n) is 7.14. The van der Waals surface area contributed by atoms with Crippen LogP contribution in [0, 0.1) is 13.8 Å². The minimum Gasteiger partial charge on any atom is -0.383 e. The maximum Gasteiger partial charge on any atom is 0.281 e. The number of thiophene rings is 1. The number of aromatic amines is 1. The van der Waals surface area contributed by atoms with Crippen LogP contribution in [0.1, 0.15) is 43.1 Å². The van der Waals surface area contributed by atoms with Crippen LogP contribution in [0.4, 0.5) is 0 Å². The summed E-state index contributed by atoms with van der Waals surface area (Å²) in [6.07, 6.45) is 0. The molecule has 168 valence electrons. The highest BCUT2D eigenvalue weighted by Gasteiger charge is 2.17. The number of aromatic nitrogens is 2. The number of methoxy groups -OCH3 is 1. The molecule has 0 bridgehead atoms. The molecule has 0 atom stereocenters. The Morgan fingerprint density at radius 2 is 1.75 bits per heavy atom. The van der Waals surface area contributed by atoms with Crippen molar-refractivity contribution < 1.29 is 14.3 Å². The molecule has 32 heavy (non-hydrogen) atoms. The van der Waals surface area contributed by atoms with Crippen molar-refractivity contribution in [2.45, 2.75) is 20.8 Å². The minimum atomic E-state index is -0.461. The highest BCUT2D eigenvalue weighted by molar-refractivity contribution is 7.15. The molecule has 3 rings (SSSR count). The Kier molecular flexibility index (Phi) is 7.39. The first-order valence-electron chi connectivity index (χ1n) is 9.92. The van der Waals surface area contributed by atoms with E-state index in [2.05, 4.69) is 20.9 Å². The van der Waals surface area contributed by atoms with Crippen molar-refractivity contribution in [3.8, 4) is 5.69 Å². The molecule has 0 aliphatic carbocycles. The van der Waals surface area contributed by atoms with Crippen molar-refractivity contribution in [2.75, 3.05) is 20.3 Å². The number of rotatable bonds is 8. The molecule has 1 aromatic carbocycles. The molecular formula is C22H25N5O4S. The average molecular weight is 456 g/mol. The fraction of sp³-hybridized carbons (Fsp3) is 0.273. The molecular weight excluding hydrogens is 430 g/mol. The van der Waals surface area contributed by atoms with Gasteiger partial charge in [0.2, 0.25) is 0 Å². The number of aryl methyl sites for hydroxylation is 2. The van der Waals surface area contributed by atoms with Crippen LogP contribution in [0.3, 0.4) is 0 Å². The lowest BCUT2D eigenvalue weighted by atomic mass is 10.2. The van der Waals surface area contributed by atoms with Gasteiger partial charge < -0.3 is 10.1 Å². The summed E-state index contributed by atoms with van der Waals surface area (Å²) in [5.74, 6) is -0.734. The van der Waals surface area contributed by atoms with Crippen molar-refractivity contribution >= 4 is 28.9 Å². The van der Waals surface area contributed by atoms with Gasteiger partial charge in [0.1, 0.15) is 0 Å². The molecule has 0 saturated carbocycles. The molecule has 0 aliphatic rings. The van der Waals surface area contributed by atoms with Gasteiger partial charge in [-0.3, -0.25) is 19.5 Å². The van der Waals surface area contributed by atoms with Gasteiger partial charge in [0.25, 0.3) is 17.4 Å². The molecule has 10 heteroatoms. The number of benzene rings is 1. The topological polar surface area (TPSA) is 118 Å². The van der Waals surface area contributed by atoms with Crippen LogP contribution in [0.5, 0.6) is 0 Å². The molecule has 0 saturated heterocycles. The highest BCUT2D eigenvalue weighted by Crippen LogP contribution is 2.16. The lowest BCUT2D eigenvalue weighted by molar-refractivity contribution is 0.0939. The molecule has 9 nitrogen and oxygen atoms in total. The molecule has 3 aromatic rings. The van der Waals surface area contributed by atoms with E-state index in [4.69, 9.17) is 4.74 Å². The van der Waals surface area contributed by atoms with Crippen molar-refractivity contribution in [3.63, 3.8) is 0 Å². The van der Waals surface area contributed by atoms with Crippen LogP contribution in [0.25, 0.3) is 5.69 Å². The Balaban J connectivity index is 1.72. The van der Waals surface area contributed by atoms with Crippen molar-refractivity contribution in [2.24, 2.45) is 5.10 Å². The number of hydrogen-bond donors (Lipinski definition) is 3. The summed E-state index contributed by atoms with van der Waals surface area (Å²) in [5, 5.41) is 9.85. The van der Waals surface area contributed by atoms with E-state index in [-0.39, 0.29) is 11.5 Å². The molecule has 0 spiro atoms. The normalized spacial score (nSPS) is 11.4. The Bertz CT molecular complexity index is 1200. The average Bonchev–Trinajstić information content (AvgIpc) is 3.37. The monoisotopic (exact) mass is 455 g/mol. The number of H-pyrrole nitrogens is 1. The van der Waals surface area contributed by atoms with E-state index in [0.717, 1.165) is 16.9 Å². The highest BCUT2D eigenvalue weighted by atomic mass is 32.1. The van der Waals surface area contributed by atoms with E-state index in [1.54, 1.807) is 33.1 Å². The number of hydrogen-bond acceptors (Lipinski definition) is 6. The summed E-state index contributed by atoms with van der Waals surface area (Å²) in [5.41, 5.74) is 5.40. The Labute approximate surface area is 189 Å². The summed E-state index contributed by atoms with van der Waals surface area (Å²) in [4.78, 5) is 38.2. The van der Waals surface area contributed by atoms with Gasteiger partial charge in [-0.1, -0.05) is 17.7 Å². The molecule has 2 heterocycles. The predicted octanol–water partition coefficient (Wildman–Crippen LogP) is 2.37. The molecule has 0 unspecified atom stereocenters. The Hall–Kier alpha value is -3.50. The third-order valence-corrected chi connectivity index (χ3v) is 5.78. The van der Waals surface area contributed by atoms with Crippen LogP contribution in [0.2, 0.25) is 0 Å². The van der Waals surface area contributed by atoms with Gasteiger partial charge in [0.05, 0.1) is 33.3 Å². The summed E-state index contributed by atoms with van der Waals surface area (Å²) in [7, 11) is 1.55. The number of carbonyl (C=O) groups is 2. The van der Waals surface area contributed by atoms with Crippen LogP contribution in [0.15, 0.2) is 46.3 Å². The third kappa shape index (κ3) is 5.21. The number of ether oxygens (including phenoxy) is 1. The summed E-state index contributed by atoms with van der Waals surface area (Å²) < 4.78 is 6.34.